The average Bonchev–Trinajstić information content (AvgIpc) is 2.82. The van der Waals surface area contributed by atoms with E-state index in [0.717, 1.165) is 14.6 Å². The molecule has 90 valence electrons. The zero-order valence-electron chi connectivity index (χ0n) is 9.11. The molecule has 0 unspecified atom stereocenters. The van der Waals surface area contributed by atoms with Crippen LogP contribution in [0, 0.1) is 9.39 Å². The van der Waals surface area contributed by atoms with Crippen LogP contribution < -0.4 is 5.32 Å². The van der Waals surface area contributed by atoms with Crippen molar-refractivity contribution in [3.05, 3.63) is 46.0 Å². The number of fused-ring (bicyclic) bond motifs is 1. The minimum Gasteiger partial charge on any atom is -0.352 e. The van der Waals surface area contributed by atoms with Crippen LogP contribution in [0.15, 0.2) is 36.7 Å². The molecule has 0 bridgehead atoms. The summed E-state index contributed by atoms with van der Waals surface area (Å²) in [5, 5.41) is 10.6. The lowest BCUT2D eigenvalue weighted by Crippen LogP contribution is -1.95. The van der Waals surface area contributed by atoms with E-state index in [1.54, 1.807) is 24.5 Å². The molecule has 0 atom stereocenters. The predicted molar refractivity (Wildman–Crippen MR) is 76.3 cm³/mol. The van der Waals surface area contributed by atoms with Crippen LogP contribution in [0.1, 0.15) is 0 Å². The second-order valence-corrected chi connectivity index (χ2v) is 4.99. The summed E-state index contributed by atoms with van der Waals surface area (Å²) in [5.41, 5.74) is 1.88. The van der Waals surface area contributed by atoms with Crippen LogP contribution in [0.5, 0.6) is 0 Å². The Kier molecular flexibility index (Phi) is 2.86. The van der Waals surface area contributed by atoms with Crippen LogP contribution >= 0.6 is 22.6 Å². The number of aromatic amines is 1. The van der Waals surface area contributed by atoms with Crippen LogP contribution in [-0.2, 0) is 0 Å². The molecule has 0 radical (unpaired) electrons. The molecule has 0 saturated carbocycles. The molecule has 2 N–H and O–H groups in total. The van der Waals surface area contributed by atoms with Gasteiger partial charge < -0.3 is 5.32 Å². The largest absolute Gasteiger partial charge is 0.352 e. The van der Waals surface area contributed by atoms with E-state index in [1.807, 2.05) is 6.07 Å². The molecule has 2 heterocycles. The second-order valence-electron chi connectivity index (χ2n) is 3.74. The number of hydrogen-bond donors (Lipinski definition) is 2. The van der Waals surface area contributed by atoms with Gasteiger partial charge in [0, 0.05) is 9.77 Å². The Morgan fingerprint density at radius 1 is 1.22 bits per heavy atom. The van der Waals surface area contributed by atoms with Gasteiger partial charge in [-0.2, -0.15) is 5.10 Å². The first-order valence-corrected chi connectivity index (χ1v) is 6.32. The standard InChI is InChI=1S/C12H8FIN4/c13-9-5-7(14)1-2-11(9)17-10-3-4-15-12-8(10)6-16-18-12/h1-6H,(H2,15,16,17,18). The van der Waals surface area contributed by atoms with Crippen LogP contribution in [0.3, 0.4) is 0 Å². The molecule has 0 saturated heterocycles. The van der Waals surface area contributed by atoms with Crippen LogP contribution in [0.25, 0.3) is 11.0 Å². The molecule has 3 aromatic rings. The van der Waals surface area contributed by atoms with Gasteiger partial charge in [0.25, 0.3) is 0 Å². The highest BCUT2D eigenvalue weighted by Crippen LogP contribution is 2.25. The predicted octanol–water partition coefficient (Wildman–Crippen LogP) is 3.45. The van der Waals surface area contributed by atoms with Crippen molar-refractivity contribution in [2.75, 3.05) is 5.32 Å². The van der Waals surface area contributed by atoms with Crippen LogP contribution in [-0.4, -0.2) is 15.2 Å². The first kappa shape index (κ1) is 11.4. The normalized spacial score (nSPS) is 10.8. The third kappa shape index (κ3) is 2.03. The fourth-order valence-corrected chi connectivity index (χ4v) is 2.15. The summed E-state index contributed by atoms with van der Waals surface area (Å²) in [6.45, 7) is 0. The molecule has 3 rings (SSSR count). The highest BCUT2D eigenvalue weighted by molar-refractivity contribution is 14.1. The zero-order chi connectivity index (χ0) is 12.5. The number of halogens is 2. The van der Waals surface area contributed by atoms with E-state index in [0.29, 0.717) is 11.3 Å². The summed E-state index contributed by atoms with van der Waals surface area (Å²) >= 11 is 2.07. The van der Waals surface area contributed by atoms with Gasteiger partial charge in [-0.25, -0.2) is 9.37 Å². The van der Waals surface area contributed by atoms with Crippen molar-refractivity contribution in [3.8, 4) is 0 Å². The minimum absolute atomic E-state index is 0.282. The first-order valence-electron chi connectivity index (χ1n) is 5.24. The van der Waals surface area contributed by atoms with Gasteiger partial charge in [-0.15, -0.1) is 0 Å². The summed E-state index contributed by atoms with van der Waals surface area (Å²) in [6, 6.07) is 6.83. The molecule has 1 aromatic carbocycles. The molecule has 0 aliphatic rings. The number of pyridine rings is 1. The van der Waals surface area contributed by atoms with Crippen molar-refractivity contribution >= 4 is 45.0 Å². The van der Waals surface area contributed by atoms with Gasteiger partial charge in [-0.1, -0.05) is 0 Å². The fourth-order valence-electron chi connectivity index (χ4n) is 1.70. The zero-order valence-corrected chi connectivity index (χ0v) is 11.3. The summed E-state index contributed by atoms with van der Waals surface area (Å²) in [7, 11) is 0. The van der Waals surface area contributed by atoms with Crippen molar-refractivity contribution < 1.29 is 4.39 Å². The number of anilines is 2. The Hall–Kier alpha value is -1.70. The van der Waals surface area contributed by atoms with E-state index < -0.39 is 0 Å². The van der Waals surface area contributed by atoms with Crippen molar-refractivity contribution in [2.45, 2.75) is 0 Å². The Bertz CT molecular complexity index is 710. The van der Waals surface area contributed by atoms with Crippen molar-refractivity contribution in [1.29, 1.82) is 0 Å². The van der Waals surface area contributed by atoms with E-state index in [-0.39, 0.29) is 5.82 Å². The van der Waals surface area contributed by atoms with Crippen molar-refractivity contribution in [1.82, 2.24) is 15.2 Å². The number of nitrogens with zero attached hydrogens (tertiary/aromatic N) is 2. The van der Waals surface area contributed by atoms with Crippen molar-refractivity contribution in [2.24, 2.45) is 0 Å². The third-order valence-corrected chi connectivity index (χ3v) is 3.23. The molecule has 4 nitrogen and oxygen atoms in total. The van der Waals surface area contributed by atoms with Crippen molar-refractivity contribution in [3.63, 3.8) is 0 Å². The highest BCUT2D eigenvalue weighted by atomic mass is 127. The summed E-state index contributed by atoms with van der Waals surface area (Å²) in [4.78, 5) is 4.13. The van der Waals surface area contributed by atoms with E-state index in [2.05, 4.69) is 43.1 Å². The van der Waals surface area contributed by atoms with E-state index in [4.69, 9.17) is 0 Å². The Morgan fingerprint density at radius 3 is 2.94 bits per heavy atom. The number of H-pyrrole nitrogens is 1. The summed E-state index contributed by atoms with van der Waals surface area (Å²) < 4.78 is 14.6. The summed E-state index contributed by atoms with van der Waals surface area (Å²) in [6.07, 6.45) is 3.31. The first-order chi connectivity index (χ1) is 8.74. The van der Waals surface area contributed by atoms with Gasteiger partial charge in [-0.05, 0) is 46.9 Å². The maximum absolute atomic E-state index is 13.8. The molecule has 0 aliphatic heterocycles. The smallest absolute Gasteiger partial charge is 0.157 e. The van der Waals surface area contributed by atoms with Crippen LogP contribution in [0.4, 0.5) is 15.8 Å². The molecular formula is C12H8FIN4. The van der Waals surface area contributed by atoms with E-state index in [9.17, 15) is 4.39 Å². The van der Waals surface area contributed by atoms with Gasteiger partial charge in [0.2, 0.25) is 0 Å². The lowest BCUT2D eigenvalue weighted by molar-refractivity contribution is 0.631. The maximum Gasteiger partial charge on any atom is 0.157 e. The molecule has 0 amide bonds. The number of nitrogens with one attached hydrogen (secondary N) is 2. The minimum atomic E-state index is -0.282. The Labute approximate surface area is 116 Å². The third-order valence-electron chi connectivity index (χ3n) is 2.55. The molecule has 0 aliphatic carbocycles. The van der Waals surface area contributed by atoms with E-state index >= 15 is 0 Å². The average molecular weight is 354 g/mol. The molecule has 2 aromatic heterocycles. The van der Waals surface area contributed by atoms with E-state index in [1.165, 1.54) is 6.07 Å². The molecule has 6 heteroatoms. The maximum atomic E-state index is 13.8. The number of benzene rings is 1. The van der Waals surface area contributed by atoms with Gasteiger partial charge >= 0.3 is 0 Å². The Morgan fingerprint density at radius 2 is 2.11 bits per heavy atom. The topological polar surface area (TPSA) is 53.6 Å². The van der Waals surface area contributed by atoms with Gasteiger partial charge in [0.15, 0.2) is 5.65 Å². The number of hydrogen-bond acceptors (Lipinski definition) is 3. The molecule has 18 heavy (non-hydrogen) atoms. The summed E-state index contributed by atoms with van der Waals surface area (Å²) in [5.74, 6) is -0.282. The van der Waals surface area contributed by atoms with Crippen LogP contribution in [0.2, 0.25) is 0 Å². The quantitative estimate of drug-likeness (QED) is 0.694. The van der Waals surface area contributed by atoms with Gasteiger partial charge in [-0.3, -0.25) is 5.10 Å². The molecular weight excluding hydrogens is 346 g/mol. The molecule has 0 fully saturated rings. The molecule has 0 spiro atoms. The SMILES string of the molecule is Fc1cc(I)ccc1Nc1ccnc2[nH]ncc12. The number of aromatic nitrogens is 3. The van der Waals surface area contributed by atoms with Gasteiger partial charge in [0.05, 0.1) is 23.0 Å². The Balaban J connectivity index is 2.03. The second kappa shape index (κ2) is 4.52. The lowest BCUT2D eigenvalue weighted by Gasteiger charge is -2.08. The monoisotopic (exact) mass is 354 g/mol. The lowest BCUT2D eigenvalue weighted by atomic mass is 10.2. The van der Waals surface area contributed by atoms with Gasteiger partial charge in [0.1, 0.15) is 5.82 Å². The highest BCUT2D eigenvalue weighted by Gasteiger charge is 2.07. The number of rotatable bonds is 2. The fraction of sp³-hybridized carbons (Fsp3) is 0.